The van der Waals surface area contributed by atoms with Crippen LogP contribution < -0.4 is 33.0 Å². The maximum Gasteiger partial charge on any atom is 0.185 e. The first kappa shape index (κ1) is 20.5. The summed E-state index contributed by atoms with van der Waals surface area (Å²) in [6.07, 6.45) is 2.97. The molecule has 0 aromatic rings. The zero-order valence-electron chi connectivity index (χ0n) is 14.8. The first-order valence-corrected chi connectivity index (χ1v) is 8.31. The number of carbonyl (C=O) groups excluding carboxylic acids is 2. The monoisotopic (exact) mass is 341 g/mol. The Kier molecular flexibility index (Phi) is 8.26. The number of guanidine groups is 1. The predicted octanol–water partition coefficient (Wildman–Crippen LogP) is -1.65. The topological polar surface area (TPSA) is 166 Å². The van der Waals surface area contributed by atoms with Crippen molar-refractivity contribution in [1.82, 2.24) is 21.5 Å². The molecule has 24 heavy (non-hydrogen) atoms. The molecular formula is C15H31N7O2. The lowest BCUT2D eigenvalue weighted by molar-refractivity contribution is -0.121. The molecule has 0 spiro atoms. The van der Waals surface area contributed by atoms with Gasteiger partial charge in [-0.3, -0.25) is 14.6 Å². The molecule has 0 aromatic carbocycles. The molecular weight excluding hydrogens is 310 g/mol. The van der Waals surface area contributed by atoms with E-state index in [0.717, 1.165) is 12.8 Å². The van der Waals surface area contributed by atoms with E-state index in [0.29, 0.717) is 19.4 Å². The molecule has 1 saturated heterocycles. The number of Topliss-reactive ketones (excluding diaryl/α,β-unsaturated/α-hetero) is 2. The van der Waals surface area contributed by atoms with E-state index in [4.69, 9.17) is 11.5 Å². The molecule has 1 fully saturated rings. The minimum atomic E-state index is -0.346. The van der Waals surface area contributed by atoms with Crippen molar-refractivity contribution in [3.63, 3.8) is 0 Å². The highest BCUT2D eigenvalue weighted by molar-refractivity contribution is 5.87. The van der Waals surface area contributed by atoms with Crippen LogP contribution in [-0.2, 0) is 9.59 Å². The van der Waals surface area contributed by atoms with Crippen LogP contribution in [0.15, 0.2) is 4.99 Å². The number of carbonyl (C=O) groups is 2. The Labute approximate surface area is 143 Å². The van der Waals surface area contributed by atoms with Gasteiger partial charge in [0.05, 0.1) is 24.3 Å². The molecule has 0 saturated carbocycles. The summed E-state index contributed by atoms with van der Waals surface area (Å²) in [5.74, 6) is 0.161. The Bertz CT molecular complexity index is 459. The molecule has 0 aromatic heterocycles. The molecule has 1 rings (SSSR count). The number of nitrogens with zero attached hydrogens (tertiary/aromatic N) is 1. The summed E-state index contributed by atoms with van der Waals surface area (Å²) < 4.78 is 0. The molecule has 138 valence electrons. The van der Waals surface area contributed by atoms with Crippen LogP contribution >= 0.6 is 0 Å². The van der Waals surface area contributed by atoms with Crippen molar-refractivity contribution in [3.8, 4) is 0 Å². The number of ketones is 2. The SMILES string of the molecule is CN[C@@H](CCCCN=C(N)N)C(=O)CN[C@@H](CC1(C)NN1)C(C)=O. The molecule has 1 aliphatic rings. The first-order chi connectivity index (χ1) is 11.3. The molecule has 0 unspecified atom stereocenters. The fraction of sp³-hybridized carbons (Fsp3) is 0.800. The number of hydrazine groups is 1. The number of hydrogen-bond acceptors (Lipinski definition) is 7. The van der Waals surface area contributed by atoms with Gasteiger partial charge in [0.2, 0.25) is 0 Å². The molecule has 8 N–H and O–H groups in total. The Morgan fingerprint density at radius 3 is 2.38 bits per heavy atom. The number of nitrogens with two attached hydrogens (primary N) is 2. The van der Waals surface area contributed by atoms with Crippen molar-refractivity contribution in [2.45, 2.75) is 57.3 Å². The minimum absolute atomic E-state index is 0.0257. The second-order valence-electron chi connectivity index (χ2n) is 6.44. The highest BCUT2D eigenvalue weighted by Crippen LogP contribution is 2.16. The van der Waals surface area contributed by atoms with Gasteiger partial charge < -0.3 is 22.1 Å². The molecule has 2 atom stereocenters. The summed E-state index contributed by atoms with van der Waals surface area (Å²) in [6.45, 7) is 4.24. The van der Waals surface area contributed by atoms with E-state index < -0.39 is 0 Å². The molecule has 1 aliphatic heterocycles. The largest absolute Gasteiger partial charge is 0.370 e. The van der Waals surface area contributed by atoms with Gasteiger partial charge in [-0.1, -0.05) is 0 Å². The summed E-state index contributed by atoms with van der Waals surface area (Å²) in [5, 5.41) is 6.10. The van der Waals surface area contributed by atoms with E-state index in [1.165, 1.54) is 6.92 Å². The average Bonchev–Trinajstić information content (AvgIpc) is 3.24. The van der Waals surface area contributed by atoms with Crippen LogP contribution in [0, 0.1) is 0 Å². The molecule has 9 heteroatoms. The molecule has 9 nitrogen and oxygen atoms in total. The van der Waals surface area contributed by atoms with Crippen LogP contribution in [0.4, 0.5) is 0 Å². The number of hydrogen-bond donors (Lipinski definition) is 6. The fourth-order valence-electron chi connectivity index (χ4n) is 2.46. The molecule has 0 radical (unpaired) electrons. The lowest BCUT2D eigenvalue weighted by Crippen LogP contribution is -2.46. The van der Waals surface area contributed by atoms with E-state index in [1.54, 1.807) is 7.05 Å². The van der Waals surface area contributed by atoms with Crippen molar-refractivity contribution in [2.24, 2.45) is 16.5 Å². The van der Waals surface area contributed by atoms with Crippen LogP contribution in [0.25, 0.3) is 0 Å². The maximum absolute atomic E-state index is 12.3. The van der Waals surface area contributed by atoms with Crippen molar-refractivity contribution in [2.75, 3.05) is 20.1 Å². The number of rotatable bonds is 13. The summed E-state index contributed by atoms with van der Waals surface area (Å²) in [7, 11) is 1.76. The lowest BCUT2D eigenvalue weighted by Gasteiger charge is -2.20. The molecule has 1 heterocycles. The first-order valence-electron chi connectivity index (χ1n) is 8.31. The van der Waals surface area contributed by atoms with E-state index in [9.17, 15) is 9.59 Å². The third-order valence-electron chi connectivity index (χ3n) is 4.11. The third-order valence-corrected chi connectivity index (χ3v) is 4.11. The van der Waals surface area contributed by atoms with E-state index in [2.05, 4.69) is 26.5 Å². The van der Waals surface area contributed by atoms with Crippen molar-refractivity contribution < 1.29 is 9.59 Å². The van der Waals surface area contributed by atoms with Crippen LogP contribution in [0.5, 0.6) is 0 Å². The van der Waals surface area contributed by atoms with Crippen LogP contribution in [-0.4, -0.2) is 55.4 Å². The number of aliphatic imine (C=N–C) groups is 1. The van der Waals surface area contributed by atoms with Gasteiger partial charge in [0.15, 0.2) is 11.7 Å². The smallest absolute Gasteiger partial charge is 0.185 e. The summed E-state index contributed by atoms with van der Waals surface area (Å²) in [5.41, 5.74) is 16.3. The maximum atomic E-state index is 12.3. The quantitative estimate of drug-likeness (QED) is 0.100. The molecule has 0 amide bonds. The van der Waals surface area contributed by atoms with Crippen molar-refractivity contribution in [3.05, 3.63) is 0 Å². The Balaban J connectivity index is 2.33. The summed E-state index contributed by atoms with van der Waals surface area (Å²) in [6, 6.07) is -0.585. The van der Waals surface area contributed by atoms with Crippen LogP contribution in [0.3, 0.4) is 0 Å². The van der Waals surface area contributed by atoms with Gasteiger partial charge in [-0.25, -0.2) is 10.9 Å². The summed E-state index contributed by atoms with van der Waals surface area (Å²) >= 11 is 0. The standard InChI is InChI=1S/C15H31N7O2/c1-10(23)12(8-15(2)21-22-15)20-9-13(24)11(18-3)6-4-5-7-19-14(16)17/h11-12,18,20-22H,4-9H2,1-3H3,(H4,16,17,19)/t11-,12-/m0/s1. The van der Waals surface area contributed by atoms with Gasteiger partial charge in [0.1, 0.15) is 5.78 Å². The fourth-order valence-corrected chi connectivity index (χ4v) is 2.46. The Morgan fingerprint density at radius 1 is 1.21 bits per heavy atom. The van der Waals surface area contributed by atoms with Crippen LogP contribution in [0.1, 0.15) is 39.5 Å². The third kappa shape index (κ3) is 7.82. The molecule has 0 aliphatic carbocycles. The summed E-state index contributed by atoms with van der Waals surface area (Å²) in [4.78, 5) is 28.0. The van der Waals surface area contributed by atoms with E-state index >= 15 is 0 Å². The zero-order chi connectivity index (χ0) is 18.2. The Hall–Kier alpha value is -1.55. The van der Waals surface area contributed by atoms with Crippen LogP contribution in [0.2, 0.25) is 0 Å². The second-order valence-corrected chi connectivity index (χ2v) is 6.44. The van der Waals surface area contributed by atoms with Gasteiger partial charge >= 0.3 is 0 Å². The highest BCUT2D eigenvalue weighted by atomic mass is 16.1. The minimum Gasteiger partial charge on any atom is -0.370 e. The van der Waals surface area contributed by atoms with Crippen molar-refractivity contribution in [1.29, 1.82) is 0 Å². The van der Waals surface area contributed by atoms with Gasteiger partial charge in [0.25, 0.3) is 0 Å². The lowest BCUT2D eigenvalue weighted by atomic mass is 10.0. The number of likely N-dealkylation sites (N-methyl/N-ethyl adjacent to an activating group) is 1. The highest BCUT2D eigenvalue weighted by Gasteiger charge is 2.39. The Morgan fingerprint density at radius 2 is 1.88 bits per heavy atom. The molecule has 0 bridgehead atoms. The second kappa shape index (κ2) is 9.67. The zero-order valence-corrected chi connectivity index (χ0v) is 14.8. The van der Waals surface area contributed by atoms with Gasteiger partial charge in [0, 0.05) is 13.0 Å². The van der Waals surface area contributed by atoms with Gasteiger partial charge in [-0.15, -0.1) is 0 Å². The number of nitrogens with one attached hydrogen (secondary N) is 4. The predicted molar refractivity (Wildman–Crippen MR) is 94.1 cm³/mol. The normalized spacial score (nSPS) is 17.8. The van der Waals surface area contributed by atoms with Gasteiger partial charge in [-0.05, 0) is 40.2 Å². The number of unbranched alkanes of at least 4 members (excludes halogenated alkanes) is 1. The van der Waals surface area contributed by atoms with E-state index in [1.807, 2.05) is 6.92 Å². The average molecular weight is 341 g/mol. The van der Waals surface area contributed by atoms with Crippen molar-refractivity contribution >= 4 is 17.5 Å². The van der Waals surface area contributed by atoms with Gasteiger partial charge in [-0.2, -0.15) is 0 Å². The van der Waals surface area contributed by atoms with E-state index in [-0.39, 0.29) is 41.8 Å².